The van der Waals surface area contributed by atoms with Crippen LogP contribution in [-0.4, -0.2) is 32.5 Å². The molecule has 1 aliphatic heterocycles. The molecule has 0 aliphatic carbocycles. The van der Waals surface area contributed by atoms with Crippen LogP contribution in [0.4, 0.5) is 0 Å². The first kappa shape index (κ1) is 14.5. The number of piperidine rings is 1. The van der Waals surface area contributed by atoms with Gasteiger partial charge in [-0.25, -0.2) is 9.97 Å². The highest BCUT2D eigenvalue weighted by Gasteiger charge is 2.25. The number of rotatable bonds is 3. The summed E-state index contributed by atoms with van der Waals surface area (Å²) in [5.74, 6) is 2.32. The summed E-state index contributed by atoms with van der Waals surface area (Å²) in [4.78, 5) is 11.8. The lowest BCUT2D eigenvalue weighted by Crippen LogP contribution is -2.34. The summed E-state index contributed by atoms with van der Waals surface area (Å²) < 4.78 is 8.05. The van der Waals surface area contributed by atoms with Crippen molar-refractivity contribution in [2.75, 3.05) is 13.1 Å². The second-order valence-corrected chi connectivity index (χ2v) is 6.48. The van der Waals surface area contributed by atoms with Crippen molar-refractivity contribution in [2.24, 2.45) is 7.05 Å². The monoisotopic (exact) mass is 310 g/mol. The summed E-state index contributed by atoms with van der Waals surface area (Å²) >= 11 is 0. The van der Waals surface area contributed by atoms with Crippen LogP contribution in [0.1, 0.15) is 36.2 Å². The molecule has 2 aromatic heterocycles. The molecule has 0 spiro atoms. The molecule has 0 amide bonds. The van der Waals surface area contributed by atoms with Crippen LogP contribution >= 0.6 is 0 Å². The van der Waals surface area contributed by atoms with Gasteiger partial charge in [0.05, 0.1) is 5.69 Å². The number of nitrogens with zero attached hydrogens (tertiary/aromatic N) is 4. The topological polar surface area (TPSA) is 47.1 Å². The largest absolute Gasteiger partial charge is 0.440 e. The van der Waals surface area contributed by atoms with Crippen LogP contribution in [0.3, 0.4) is 0 Å². The van der Waals surface area contributed by atoms with Crippen molar-refractivity contribution in [1.29, 1.82) is 0 Å². The SMILES string of the molecule is Cc1nc(CN2CCCC(c3nc4ccccc4o3)C2)cn1C. The normalized spacial score (nSPS) is 19.5. The van der Waals surface area contributed by atoms with Crippen LogP contribution in [0.15, 0.2) is 34.9 Å². The van der Waals surface area contributed by atoms with E-state index in [0.717, 1.165) is 54.6 Å². The minimum absolute atomic E-state index is 0.376. The smallest absolute Gasteiger partial charge is 0.199 e. The van der Waals surface area contributed by atoms with Crippen LogP contribution in [0.25, 0.3) is 11.1 Å². The van der Waals surface area contributed by atoms with Gasteiger partial charge < -0.3 is 8.98 Å². The predicted octanol–water partition coefficient (Wildman–Crippen LogP) is 3.25. The molecule has 1 unspecified atom stereocenters. The van der Waals surface area contributed by atoms with Gasteiger partial charge in [0, 0.05) is 32.3 Å². The van der Waals surface area contributed by atoms with Gasteiger partial charge in [-0.1, -0.05) is 12.1 Å². The molecule has 0 radical (unpaired) electrons. The number of hydrogen-bond acceptors (Lipinski definition) is 4. The quantitative estimate of drug-likeness (QED) is 0.745. The van der Waals surface area contributed by atoms with E-state index < -0.39 is 0 Å². The highest BCUT2D eigenvalue weighted by molar-refractivity contribution is 5.72. The number of likely N-dealkylation sites (tertiary alicyclic amines) is 1. The standard InChI is InChI=1S/C18H22N4O/c1-13-19-15(11-21(13)2)12-22-9-5-6-14(10-22)18-20-16-7-3-4-8-17(16)23-18/h3-4,7-8,11,14H,5-6,9-10,12H2,1-2H3. The Morgan fingerprint density at radius 1 is 1.26 bits per heavy atom. The van der Waals surface area contributed by atoms with Crippen molar-refractivity contribution >= 4 is 11.1 Å². The molecular weight excluding hydrogens is 288 g/mol. The highest BCUT2D eigenvalue weighted by atomic mass is 16.3. The highest BCUT2D eigenvalue weighted by Crippen LogP contribution is 2.29. The molecular formula is C18H22N4O. The fourth-order valence-electron chi connectivity index (χ4n) is 3.40. The maximum atomic E-state index is 5.97. The van der Waals surface area contributed by atoms with Crippen molar-refractivity contribution in [3.8, 4) is 0 Å². The molecule has 1 atom stereocenters. The van der Waals surface area contributed by atoms with E-state index in [9.17, 15) is 0 Å². The van der Waals surface area contributed by atoms with Gasteiger partial charge in [0.2, 0.25) is 0 Å². The lowest BCUT2D eigenvalue weighted by molar-refractivity contribution is 0.185. The molecule has 5 nitrogen and oxygen atoms in total. The predicted molar refractivity (Wildman–Crippen MR) is 89.2 cm³/mol. The molecule has 3 heterocycles. The first-order valence-corrected chi connectivity index (χ1v) is 8.26. The fraction of sp³-hybridized carbons (Fsp3) is 0.444. The molecule has 23 heavy (non-hydrogen) atoms. The molecule has 1 fully saturated rings. The third-order valence-corrected chi connectivity index (χ3v) is 4.71. The number of para-hydroxylation sites is 2. The second-order valence-electron chi connectivity index (χ2n) is 6.48. The van der Waals surface area contributed by atoms with E-state index in [1.54, 1.807) is 0 Å². The van der Waals surface area contributed by atoms with Crippen LogP contribution in [0.5, 0.6) is 0 Å². The summed E-state index contributed by atoms with van der Waals surface area (Å²) in [5.41, 5.74) is 2.99. The molecule has 5 heteroatoms. The number of aromatic nitrogens is 3. The molecule has 1 aromatic carbocycles. The minimum atomic E-state index is 0.376. The van der Waals surface area contributed by atoms with Crippen LogP contribution in [0, 0.1) is 6.92 Å². The maximum Gasteiger partial charge on any atom is 0.199 e. The molecule has 4 rings (SSSR count). The Balaban J connectivity index is 1.50. The van der Waals surface area contributed by atoms with Gasteiger partial charge in [0.25, 0.3) is 0 Å². The third kappa shape index (κ3) is 2.88. The summed E-state index contributed by atoms with van der Waals surface area (Å²) in [6.07, 6.45) is 4.44. The summed E-state index contributed by atoms with van der Waals surface area (Å²) in [5, 5.41) is 0. The lowest BCUT2D eigenvalue weighted by atomic mass is 9.98. The number of hydrogen-bond donors (Lipinski definition) is 0. The van der Waals surface area contributed by atoms with Crippen LogP contribution in [-0.2, 0) is 13.6 Å². The van der Waals surface area contributed by atoms with E-state index in [4.69, 9.17) is 4.42 Å². The Bertz CT molecular complexity index is 767. The first-order valence-electron chi connectivity index (χ1n) is 8.26. The fourth-order valence-corrected chi connectivity index (χ4v) is 3.40. The van der Waals surface area contributed by atoms with Gasteiger partial charge >= 0.3 is 0 Å². The van der Waals surface area contributed by atoms with Crippen molar-refractivity contribution in [2.45, 2.75) is 32.2 Å². The second kappa shape index (κ2) is 5.81. The summed E-state index contributed by atoms with van der Waals surface area (Å²) in [6, 6.07) is 8.00. The molecule has 1 saturated heterocycles. The zero-order chi connectivity index (χ0) is 15.8. The van der Waals surface area contributed by atoms with Crippen LogP contribution < -0.4 is 0 Å². The average Bonchev–Trinajstić information content (AvgIpc) is 3.11. The van der Waals surface area contributed by atoms with E-state index in [-0.39, 0.29) is 0 Å². The molecule has 0 bridgehead atoms. The zero-order valence-corrected chi connectivity index (χ0v) is 13.7. The zero-order valence-electron chi connectivity index (χ0n) is 13.7. The average molecular weight is 310 g/mol. The Morgan fingerprint density at radius 3 is 2.91 bits per heavy atom. The molecule has 0 N–H and O–H groups in total. The Labute approximate surface area is 135 Å². The van der Waals surface area contributed by atoms with E-state index in [1.165, 1.54) is 6.42 Å². The van der Waals surface area contributed by atoms with Crippen LogP contribution in [0.2, 0.25) is 0 Å². The van der Waals surface area contributed by atoms with E-state index in [0.29, 0.717) is 5.92 Å². The summed E-state index contributed by atoms with van der Waals surface area (Å²) in [7, 11) is 2.04. The Morgan fingerprint density at radius 2 is 2.13 bits per heavy atom. The van der Waals surface area contributed by atoms with E-state index >= 15 is 0 Å². The number of imidazole rings is 1. The minimum Gasteiger partial charge on any atom is -0.440 e. The van der Waals surface area contributed by atoms with Gasteiger partial charge in [-0.05, 0) is 38.4 Å². The summed E-state index contributed by atoms with van der Waals surface area (Å²) in [6.45, 7) is 5.05. The number of benzene rings is 1. The maximum absolute atomic E-state index is 5.97. The Kier molecular flexibility index (Phi) is 3.65. The Hall–Kier alpha value is -2.14. The van der Waals surface area contributed by atoms with Crippen molar-refractivity contribution in [3.63, 3.8) is 0 Å². The number of oxazole rings is 1. The lowest BCUT2D eigenvalue weighted by Gasteiger charge is -2.30. The van der Waals surface area contributed by atoms with Gasteiger partial charge in [-0.2, -0.15) is 0 Å². The first-order chi connectivity index (χ1) is 11.2. The van der Waals surface area contributed by atoms with Crippen molar-refractivity contribution in [1.82, 2.24) is 19.4 Å². The number of fused-ring (bicyclic) bond motifs is 1. The van der Waals surface area contributed by atoms with Crippen molar-refractivity contribution in [3.05, 3.63) is 47.9 Å². The molecule has 120 valence electrons. The molecule has 3 aromatic rings. The third-order valence-electron chi connectivity index (χ3n) is 4.71. The van der Waals surface area contributed by atoms with Gasteiger partial charge in [0.1, 0.15) is 11.3 Å². The van der Waals surface area contributed by atoms with Gasteiger partial charge in [-0.3, -0.25) is 4.90 Å². The van der Waals surface area contributed by atoms with Crippen molar-refractivity contribution < 1.29 is 4.42 Å². The number of aryl methyl sites for hydroxylation is 2. The van der Waals surface area contributed by atoms with Gasteiger partial charge in [0.15, 0.2) is 11.5 Å². The van der Waals surface area contributed by atoms with E-state index in [2.05, 4.69) is 25.6 Å². The molecule has 1 aliphatic rings. The van der Waals surface area contributed by atoms with E-state index in [1.807, 2.05) is 38.2 Å². The molecule has 0 saturated carbocycles. The van der Waals surface area contributed by atoms with Gasteiger partial charge in [-0.15, -0.1) is 0 Å².